The van der Waals surface area contributed by atoms with Gasteiger partial charge in [-0.1, -0.05) is 89.9 Å². The molecule has 3 atom stereocenters. The first kappa shape index (κ1) is 87.9. The van der Waals surface area contributed by atoms with Crippen molar-refractivity contribution in [1.82, 2.24) is 0 Å². The molecule has 0 radical (unpaired) electrons. The van der Waals surface area contributed by atoms with Crippen LogP contribution in [0.4, 0.5) is 28.4 Å². The molecule has 26 nitrogen and oxygen atoms in total. The van der Waals surface area contributed by atoms with Gasteiger partial charge in [0.15, 0.2) is 0 Å². The average molecular weight is 1280 g/mol. The Balaban J connectivity index is -0.000000170. The molecule has 8 N–H and O–H groups in total. The summed E-state index contributed by atoms with van der Waals surface area (Å²) in [4.78, 5) is 106. The molecule has 0 aromatic heterocycles. The molecular formula is C55H75ClN5O21Pd-. The van der Waals surface area contributed by atoms with E-state index in [9.17, 15) is 63.9 Å². The summed E-state index contributed by atoms with van der Waals surface area (Å²) in [6.07, 6.45) is -0.187. The molecule has 0 aliphatic rings. The Bertz CT molecular complexity index is 2720. The summed E-state index contributed by atoms with van der Waals surface area (Å²) in [7, 11) is 6.20. The number of aliphatic hydroxyl groups is 1. The molecule has 0 saturated heterocycles. The number of carboxylic acid groups (broad SMARTS) is 3. The third kappa shape index (κ3) is 36.2. The van der Waals surface area contributed by atoms with E-state index in [1.807, 2.05) is 6.92 Å². The largest absolute Gasteiger partial charge is 0.481 e. The number of nitro benzene ring substituents is 3. The van der Waals surface area contributed by atoms with E-state index in [1.165, 1.54) is 101 Å². The van der Waals surface area contributed by atoms with Gasteiger partial charge in [0, 0.05) is 75.3 Å². The SMILES string of the molecule is C.C.C.CO.COC(=O)CC(C(=O)OC)c1ccc(N)cc1.COC(=O)CC(C)c1ccc([N+](=O)[O-])cc1.COC(=O)Cc1ccc([N+](=O)[O-])cc1.Cl.Nc1ccc(C(CC(=O)O)C(=O)O)cc1.O=C(O)Cc1ccc([N+](=O)[O-])cc1.[CH3-].[Pd]. The minimum atomic E-state index is -1.15. The fourth-order valence-corrected chi connectivity index (χ4v) is 5.97. The smallest absolute Gasteiger partial charge is 0.313 e. The monoisotopic (exact) mass is 1280 g/mol. The van der Waals surface area contributed by atoms with E-state index in [1.54, 1.807) is 48.5 Å². The quantitative estimate of drug-likeness (QED) is 0.00905. The van der Waals surface area contributed by atoms with Gasteiger partial charge in [-0.2, -0.15) is 0 Å². The van der Waals surface area contributed by atoms with Gasteiger partial charge >= 0.3 is 41.8 Å². The predicted molar refractivity (Wildman–Crippen MR) is 309 cm³/mol. The zero-order chi connectivity index (χ0) is 58.8. The van der Waals surface area contributed by atoms with Crippen molar-refractivity contribution in [2.45, 2.75) is 79.1 Å². The van der Waals surface area contributed by atoms with E-state index >= 15 is 0 Å². The van der Waals surface area contributed by atoms with Gasteiger partial charge in [-0.3, -0.25) is 63.9 Å². The molecule has 0 saturated carbocycles. The predicted octanol–water partition coefficient (Wildman–Crippen LogP) is 9.18. The molecule has 83 heavy (non-hydrogen) atoms. The van der Waals surface area contributed by atoms with Gasteiger partial charge in [0.2, 0.25) is 0 Å². The number of aliphatic carboxylic acids is 3. The molecular weight excluding hydrogens is 1210 g/mol. The second kappa shape index (κ2) is 47.9. The van der Waals surface area contributed by atoms with Crippen molar-refractivity contribution in [1.29, 1.82) is 0 Å². The first-order chi connectivity index (χ1) is 36.3. The molecule has 0 aliphatic carbocycles. The number of benzene rings is 5. The molecule has 0 bridgehead atoms. The fourth-order valence-electron chi connectivity index (χ4n) is 5.97. The van der Waals surface area contributed by atoms with Crippen molar-refractivity contribution in [3.63, 3.8) is 0 Å². The summed E-state index contributed by atoms with van der Waals surface area (Å²) in [5.74, 6) is -6.51. The second-order valence-electron chi connectivity index (χ2n) is 15.4. The first-order valence-electron chi connectivity index (χ1n) is 22.2. The number of anilines is 2. The van der Waals surface area contributed by atoms with Crippen LogP contribution in [0.15, 0.2) is 121 Å². The van der Waals surface area contributed by atoms with Crippen molar-refractivity contribution < 1.29 is 108 Å². The van der Waals surface area contributed by atoms with Crippen molar-refractivity contribution in [2.75, 3.05) is 47.0 Å². The second-order valence-corrected chi connectivity index (χ2v) is 15.4. The van der Waals surface area contributed by atoms with Gasteiger partial charge in [0.1, 0.15) is 0 Å². The van der Waals surface area contributed by atoms with Crippen LogP contribution in [-0.4, -0.2) is 113 Å². The number of methoxy groups -OCH3 is 4. The molecule has 0 spiro atoms. The zero-order valence-electron chi connectivity index (χ0n) is 44.3. The Morgan fingerprint density at radius 3 is 1.08 bits per heavy atom. The van der Waals surface area contributed by atoms with Crippen molar-refractivity contribution in [2.24, 2.45) is 0 Å². The van der Waals surface area contributed by atoms with E-state index in [0.29, 0.717) is 33.6 Å². The number of esters is 4. The van der Waals surface area contributed by atoms with Gasteiger partial charge in [-0.15, -0.1) is 12.4 Å². The minimum absolute atomic E-state index is 0. The van der Waals surface area contributed by atoms with Crippen LogP contribution < -0.4 is 11.5 Å². The Morgan fingerprint density at radius 2 is 0.783 bits per heavy atom. The number of nitro groups is 3. The van der Waals surface area contributed by atoms with Gasteiger partial charge in [-0.25, -0.2) is 0 Å². The van der Waals surface area contributed by atoms with Crippen molar-refractivity contribution in [3.8, 4) is 0 Å². The van der Waals surface area contributed by atoms with Crippen LogP contribution in [0.1, 0.15) is 94.0 Å². The number of halogens is 1. The summed E-state index contributed by atoms with van der Waals surface area (Å²) in [5.41, 5.74) is 15.4. The molecule has 464 valence electrons. The van der Waals surface area contributed by atoms with Crippen LogP contribution in [0.5, 0.6) is 0 Å². The number of carbonyl (C=O) groups is 7. The Kier molecular flexibility index (Phi) is 50.7. The molecule has 0 fully saturated rings. The normalized spacial score (nSPS) is 10.0. The maximum atomic E-state index is 11.6. The molecule has 0 amide bonds. The number of hydrogen-bond acceptors (Lipinski definition) is 20. The van der Waals surface area contributed by atoms with Crippen molar-refractivity contribution >= 4 is 82.6 Å². The maximum Gasteiger partial charge on any atom is 0.313 e. The van der Waals surface area contributed by atoms with E-state index in [0.717, 1.165) is 12.7 Å². The molecule has 0 aliphatic heterocycles. The molecule has 3 unspecified atom stereocenters. The number of nitrogens with two attached hydrogens (primary N) is 2. The van der Waals surface area contributed by atoms with Gasteiger partial charge in [0.05, 0.1) is 87.1 Å². The Hall–Kier alpha value is -8.90. The van der Waals surface area contributed by atoms with Crippen LogP contribution in [0.2, 0.25) is 0 Å². The standard InChI is InChI=1S/C12H15NO4.C11H13NO4.C10H11NO4.C9H9NO4.C8H7NO4.CH4O.3CH4.CH3.ClH.Pd/c1-16-11(14)7-10(12(15)17-2)8-3-5-9(13)6-4-8;1-8(7-11(13)16-2)9-3-5-10(6-4-9)12(14)15;11-7-3-1-6(2-4-7)8(10(14)15)5-9(12)13;1-14-9(11)6-7-2-4-8(5-3-7)10(12)13;10-8(11)5-6-1-3-7(4-2-6)9(12)13;1-2;;;;;;/h3-6,10H,7,13H2,1-2H3;3-6,8H,7H2,1-2H3;1-4,8H,5,11H2,(H,12,13)(H,14,15);2-5H,6H2,1H3;1-4H,5H2,(H,10,11);2H,1H3;3*1H4;1H3;1H;/q;;;;;;;;;-1;;. The number of ether oxygens (including phenoxy) is 4. The first-order valence-corrected chi connectivity index (χ1v) is 22.2. The summed E-state index contributed by atoms with van der Waals surface area (Å²) >= 11 is 0. The molecule has 28 heteroatoms. The number of carbonyl (C=O) groups excluding carboxylic acids is 4. The number of rotatable bonds is 18. The van der Waals surface area contributed by atoms with E-state index in [-0.39, 0.29) is 123 Å². The number of carboxylic acids is 3. The average Bonchev–Trinajstić information content (AvgIpc) is 3.41. The van der Waals surface area contributed by atoms with Crippen LogP contribution in [-0.2, 0) is 85.8 Å². The molecule has 0 heterocycles. The number of nitrogen functional groups attached to an aromatic ring is 2. The Morgan fingerprint density at radius 1 is 0.470 bits per heavy atom. The third-order valence-electron chi connectivity index (χ3n) is 10.0. The van der Waals surface area contributed by atoms with E-state index in [4.69, 9.17) is 31.9 Å². The third-order valence-corrected chi connectivity index (χ3v) is 10.0. The van der Waals surface area contributed by atoms with Gasteiger partial charge in [-0.05, 0) is 58.0 Å². The fraction of sp³-hybridized carbons (Fsp3) is 0.309. The summed E-state index contributed by atoms with van der Waals surface area (Å²) < 4.78 is 18.2. The summed E-state index contributed by atoms with van der Waals surface area (Å²) in [6, 6.07) is 30.3. The van der Waals surface area contributed by atoms with Crippen molar-refractivity contribution in [3.05, 3.63) is 187 Å². The van der Waals surface area contributed by atoms with Crippen LogP contribution in [0, 0.1) is 37.8 Å². The molecule has 5 aromatic rings. The van der Waals surface area contributed by atoms with Gasteiger partial charge < -0.3 is 58.3 Å². The summed E-state index contributed by atoms with van der Waals surface area (Å²) in [6.45, 7) is 1.87. The molecule has 5 aromatic carbocycles. The van der Waals surface area contributed by atoms with Crippen LogP contribution in [0.25, 0.3) is 0 Å². The van der Waals surface area contributed by atoms with Crippen LogP contribution in [0.3, 0.4) is 0 Å². The summed E-state index contributed by atoms with van der Waals surface area (Å²) in [5, 5.41) is 63.8. The van der Waals surface area contributed by atoms with E-state index < -0.39 is 62.9 Å². The topological polar surface area (TPSA) is 419 Å². The Labute approximate surface area is 501 Å². The molecule has 5 rings (SSSR count). The number of non-ortho nitro benzene ring substituents is 3. The minimum Gasteiger partial charge on any atom is -0.481 e. The number of nitrogens with zero attached hydrogens (tertiary/aromatic N) is 3. The van der Waals surface area contributed by atoms with E-state index in [2.05, 4.69) is 18.9 Å². The van der Waals surface area contributed by atoms with Crippen LogP contribution >= 0.6 is 12.4 Å². The number of hydrogen-bond donors (Lipinski definition) is 6. The number of aliphatic hydroxyl groups excluding tert-OH is 1. The zero-order valence-corrected chi connectivity index (χ0v) is 46.6. The van der Waals surface area contributed by atoms with Gasteiger partial charge in [0.25, 0.3) is 17.1 Å². The maximum absolute atomic E-state index is 11.6.